The number of pyridine rings is 1. The first-order valence-electron chi connectivity index (χ1n) is 10.8. The molecular formula is C25H28N4O. The maximum atomic E-state index is 13.4. The highest BCUT2D eigenvalue weighted by Crippen LogP contribution is 2.47. The van der Waals surface area contributed by atoms with Crippen LogP contribution in [0.1, 0.15) is 34.3 Å². The summed E-state index contributed by atoms with van der Waals surface area (Å²) in [6.45, 7) is 6.10. The molecule has 1 aliphatic carbocycles. The van der Waals surface area contributed by atoms with Gasteiger partial charge >= 0.3 is 0 Å². The van der Waals surface area contributed by atoms with Crippen molar-refractivity contribution in [3.63, 3.8) is 0 Å². The van der Waals surface area contributed by atoms with Crippen molar-refractivity contribution in [3.05, 3.63) is 71.5 Å². The van der Waals surface area contributed by atoms with E-state index >= 15 is 0 Å². The summed E-state index contributed by atoms with van der Waals surface area (Å²) in [4.78, 5) is 22.5. The minimum Gasteiger partial charge on any atom is -0.369 e. The highest BCUT2D eigenvalue weighted by Gasteiger charge is 2.47. The number of aromatic nitrogens is 1. The molecule has 0 atom stereocenters. The number of likely N-dealkylation sites (N-methyl/N-ethyl adjacent to an activating group) is 1. The summed E-state index contributed by atoms with van der Waals surface area (Å²) in [5, 5.41) is 5.65. The van der Waals surface area contributed by atoms with E-state index in [1.165, 1.54) is 5.39 Å². The lowest BCUT2D eigenvalue weighted by atomic mass is 9.98. The van der Waals surface area contributed by atoms with Gasteiger partial charge in [-0.15, -0.1) is 0 Å². The molecule has 5 rings (SSSR count). The Morgan fingerprint density at radius 3 is 2.57 bits per heavy atom. The number of amides is 1. The molecule has 0 radical (unpaired) electrons. The van der Waals surface area contributed by atoms with Gasteiger partial charge < -0.3 is 15.1 Å². The van der Waals surface area contributed by atoms with Crippen LogP contribution in [0.15, 0.2) is 54.9 Å². The van der Waals surface area contributed by atoms with Crippen molar-refractivity contribution in [2.45, 2.75) is 25.3 Å². The van der Waals surface area contributed by atoms with Gasteiger partial charge in [0.1, 0.15) is 0 Å². The molecule has 5 nitrogen and oxygen atoms in total. The topological polar surface area (TPSA) is 48.5 Å². The molecule has 1 saturated heterocycles. The minimum atomic E-state index is -0.304. The summed E-state index contributed by atoms with van der Waals surface area (Å²) in [5.74, 6) is 0.00825. The fourth-order valence-electron chi connectivity index (χ4n) is 4.49. The molecule has 2 aliphatic rings. The van der Waals surface area contributed by atoms with Crippen molar-refractivity contribution in [3.8, 4) is 0 Å². The second-order valence-electron chi connectivity index (χ2n) is 8.73. The monoisotopic (exact) mass is 400 g/mol. The van der Waals surface area contributed by atoms with E-state index < -0.39 is 0 Å². The van der Waals surface area contributed by atoms with E-state index in [-0.39, 0.29) is 11.4 Å². The van der Waals surface area contributed by atoms with E-state index in [4.69, 9.17) is 0 Å². The number of anilines is 1. The van der Waals surface area contributed by atoms with Gasteiger partial charge in [-0.05, 0) is 49.9 Å². The second-order valence-corrected chi connectivity index (χ2v) is 8.73. The highest BCUT2D eigenvalue weighted by molar-refractivity contribution is 5.98. The largest absolute Gasteiger partial charge is 0.369 e. The standard InChI is InChI=1S/C25H28N4O/c1-18-7-8-20(29-13-11-28(2)12-14-29)15-22(18)24(30)27-25(9-10-25)23-17-26-16-19-5-3-4-6-21(19)23/h3-8,15-17H,9-14H2,1-2H3,(H,27,30). The molecule has 1 N–H and O–H groups in total. The van der Waals surface area contributed by atoms with Gasteiger partial charge in [0.2, 0.25) is 0 Å². The van der Waals surface area contributed by atoms with Crippen molar-refractivity contribution >= 4 is 22.4 Å². The number of rotatable bonds is 4. The summed E-state index contributed by atoms with van der Waals surface area (Å²) in [5.41, 5.74) is 3.74. The van der Waals surface area contributed by atoms with Gasteiger partial charge in [-0.1, -0.05) is 30.3 Å². The Balaban J connectivity index is 1.42. The van der Waals surface area contributed by atoms with Gasteiger partial charge in [0.15, 0.2) is 0 Å². The Morgan fingerprint density at radius 2 is 1.80 bits per heavy atom. The highest BCUT2D eigenvalue weighted by atomic mass is 16.1. The fourth-order valence-corrected chi connectivity index (χ4v) is 4.49. The Morgan fingerprint density at radius 1 is 1.03 bits per heavy atom. The zero-order valence-corrected chi connectivity index (χ0v) is 17.7. The number of carbonyl (C=O) groups excluding carboxylic acids is 1. The molecule has 0 spiro atoms. The molecular weight excluding hydrogens is 372 g/mol. The van der Waals surface area contributed by atoms with Gasteiger partial charge in [-0.25, -0.2) is 0 Å². The average molecular weight is 401 g/mol. The molecule has 1 aromatic heterocycles. The minimum absolute atomic E-state index is 0.00825. The van der Waals surface area contributed by atoms with E-state index in [1.54, 1.807) is 0 Å². The lowest BCUT2D eigenvalue weighted by molar-refractivity contribution is 0.0930. The van der Waals surface area contributed by atoms with Crippen molar-refractivity contribution in [2.75, 3.05) is 38.1 Å². The summed E-state index contributed by atoms with van der Waals surface area (Å²) in [7, 11) is 2.16. The van der Waals surface area contributed by atoms with Crippen LogP contribution in [0.5, 0.6) is 0 Å². The van der Waals surface area contributed by atoms with Crippen molar-refractivity contribution < 1.29 is 4.79 Å². The average Bonchev–Trinajstić information content (AvgIpc) is 3.54. The maximum Gasteiger partial charge on any atom is 0.252 e. The Hall–Kier alpha value is -2.92. The molecule has 3 aromatic rings. The number of piperazine rings is 1. The van der Waals surface area contributed by atoms with E-state index in [0.717, 1.165) is 66.8 Å². The molecule has 2 heterocycles. The summed E-state index contributed by atoms with van der Waals surface area (Å²) in [6, 6.07) is 14.5. The van der Waals surface area contributed by atoms with Crippen molar-refractivity contribution in [1.29, 1.82) is 0 Å². The maximum absolute atomic E-state index is 13.4. The molecule has 5 heteroatoms. The smallest absolute Gasteiger partial charge is 0.252 e. The predicted octanol–water partition coefficient (Wildman–Crippen LogP) is 3.71. The van der Waals surface area contributed by atoms with Crippen LogP contribution in [0.3, 0.4) is 0 Å². The first-order chi connectivity index (χ1) is 14.6. The van der Waals surface area contributed by atoms with Crippen LogP contribution in [-0.4, -0.2) is 49.0 Å². The lowest BCUT2D eigenvalue weighted by Crippen LogP contribution is -2.44. The van der Waals surface area contributed by atoms with Crippen LogP contribution in [0, 0.1) is 6.92 Å². The number of nitrogens with zero attached hydrogens (tertiary/aromatic N) is 3. The Bertz CT molecular complexity index is 1090. The second kappa shape index (κ2) is 7.40. The summed E-state index contributed by atoms with van der Waals surface area (Å²) < 4.78 is 0. The molecule has 0 unspecified atom stereocenters. The number of nitrogens with one attached hydrogen (secondary N) is 1. The molecule has 2 fully saturated rings. The molecule has 0 bridgehead atoms. The summed E-state index contributed by atoms with van der Waals surface area (Å²) in [6.07, 6.45) is 5.71. The van der Waals surface area contributed by atoms with E-state index in [1.807, 2.05) is 31.5 Å². The van der Waals surface area contributed by atoms with E-state index in [9.17, 15) is 4.79 Å². The van der Waals surface area contributed by atoms with Gasteiger partial charge in [-0.2, -0.15) is 0 Å². The van der Waals surface area contributed by atoms with Crippen LogP contribution in [0.2, 0.25) is 0 Å². The van der Waals surface area contributed by atoms with E-state index in [0.29, 0.717) is 0 Å². The van der Waals surface area contributed by atoms with Gasteiger partial charge in [-0.3, -0.25) is 9.78 Å². The predicted molar refractivity (Wildman–Crippen MR) is 121 cm³/mol. The van der Waals surface area contributed by atoms with Gasteiger partial charge in [0.25, 0.3) is 5.91 Å². The first kappa shape index (κ1) is 19.1. The van der Waals surface area contributed by atoms with Crippen LogP contribution >= 0.6 is 0 Å². The number of fused-ring (bicyclic) bond motifs is 1. The van der Waals surface area contributed by atoms with Gasteiger partial charge in [0, 0.05) is 60.8 Å². The third kappa shape index (κ3) is 3.43. The third-order valence-electron chi connectivity index (χ3n) is 6.62. The van der Waals surface area contributed by atoms with Crippen LogP contribution in [-0.2, 0) is 5.54 Å². The zero-order valence-electron chi connectivity index (χ0n) is 17.7. The molecule has 1 aliphatic heterocycles. The number of hydrogen-bond acceptors (Lipinski definition) is 4. The van der Waals surface area contributed by atoms with Gasteiger partial charge in [0.05, 0.1) is 5.54 Å². The first-order valence-corrected chi connectivity index (χ1v) is 10.8. The lowest BCUT2D eigenvalue weighted by Gasteiger charge is -2.34. The SMILES string of the molecule is Cc1ccc(N2CCN(C)CC2)cc1C(=O)NC1(c2cncc3ccccc23)CC1. The van der Waals surface area contributed by atoms with Crippen LogP contribution in [0.25, 0.3) is 10.8 Å². The number of benzene rings is 2. The molecule has 154 valence electrons. The fraction of sp³-hybridized carbons (Fsp3) is 0.360. The molecule has 2 aromatic carbocycles. The number of carbonyl (C=O) groups is 1. The van der Waals surface area contributed by atoms with Crippen molar-refractivity contribution in [1.82, 2.24) is 15.2 Å². The normalized spacial score (nSPS) is 18.4. The summed E-state index contributed by atoms with van der Waals surface area (Å²) >= 11 is 0. The third-order valence-corrected chi connectivity index (χ3v) is 6.62. The number of aryl methyl sites for hydroxylation is 1. The van der Waals surface area contributed by atoms with Crippen LogP contribution in [0.4, 0.5) is 5.69 Å². The van der Waals surface area contributed by atoms with E-state index in [2.05, 4.69) is 57.5 Å². The zero-order chi connectivity index (χ0) is 20.7. The molecule has 1 saturated carbocycles. The molecule has 1 amide bonds. The Labute approximate surface area is 177 Å². The number of hydrogen-bond donors (Lipinski definition) is 1. The van der Waals surface area contributed by atoms with Crippen molar-refractivity contribution in [2.24, 2.45) is 0 Å². The molecule has 30 heavy (non-hydrogen) atoms. The van der Waals surface area contributed by atoms with Crippen LogP contribution < -0.4 is 10.2 Å². The quantitative estimate of drug-likeness (QED) is 0.725. The Kier molecular flexibility index (Phi) is 4.70.